The fraction of sp³-hybridized carbons (Fsp3) is 1.00. The molecule has 0 nitrogen and oxygen atoms in total. The predicted molar refractivity (Wildman–Crippen MR) is 53.8 cm³/mol. The monoisotopic (exact) mass is 177 g/mol. The molecule has 0 spiro atoms. The van der Waals surface area contributed by atoms with Gasteiger partial charge in [-0.05, 0) is 6.42 Å². The van der Waals surface area contributed by atoms with Gasteiger partial charge >= 0.3 is 0 Å². The van der Waals surface area contributed by atoms with E-state index in [1.807, 2.05) is 0 Å². The highest BCUT2D eigenvalue weighted by Crippen LogP contribution is 2.28. The first-order valence-corrected chi connectivity index (χ1v) is 6.82. The van der Waals surface area contributed by atoms with Gasteiger partial charge in [0.2, 0.25) is 0 Å². The molecule has 1 aliphatic heterocycles. The summed E-state index contributed by atoms with van der Waals surface area (Å²) in [5.41, 5.74) is 0. The number of hydrogen-bond acceptors (Lipinski definition) is 1. The topological polar surface area (TPSA) is 0 Å². The maximum absolute atomic E-state index is 2.28. The zero-order valence-electron chi connectivity index (χ0n) is 6.68. The summed E-state index contributed by atoms with van der Waals surface area (Å²) in [6, 6.07) is 0. The van der Waals surface area contributed by atoms with Crippen molar-refractivity contribution in [2.75, 3.05) is 5.75 Å². The zero-order chi connectivity index (χ0) is 7.23. The van der Waals surface area contributed by atoms with Crippen LogP contribution in [0.4, 0.5) is 0 Å². The summed E-state index contributed by atoms with van der Waals surface area (Å²) in [4.78, 5) is 0. The fourth-order valence-electron chi connectivity index (χ4n) is 1.23. The third-order valence-corrected chi connectivity index (χ3v) is 5.14. The second kappa shape index (κ2) is 5.36. The van der Waals surface area contributed by atoms with Crippen molar-refractivity contribution in [2.45, 2.75) is 44.3 Å². The van der Waals surface area contributed by atoms with E-state index < -0.39 is 0 Å². The van der Waals surface area contributed by atoms with Crippen molar-refractivity contribution >= 4 is 21.6 Å². The first kappa shape index (κ1) is 8.79. The molecule has 0 aliphatic carbocycles. The number of unbranched alkanes of at least 4 members (excludes halogenated alkanes) is 2. The highest BCUT2D eigenvalue weighted by Gasteiger charge is 2.22. The molecule has 1 rings (SSSR count). The number of thiol groups is 1. The predicted octanol–water partition coefficient (Wildman–Crippen LogP) is 2.80. The zero-order valence-corrected chi connectivity index (χ0v) is 8.39. The maximum atomic E-state index is 2.28. The molecule has 1 atom stereocenters. The third-order valence-electron chi connectivity index (χ3n) is 1.90. The number of rotatable bonds is 4. The van der Waals surface area contributed by atoms with E-state index in [0.717, 1.165) is 5.25 Å². The Morgan fingerprint density at radius 3 is 3.00 bits per heavy atom. The molecule has 0 aromatic heterocycles. The fourth-order valence-corrected chi connectivity index (χ4v) is 4.53. The smallest absolute Gasteiger partial charge is 0.0654 e. The van der Waals surface area contributed by atoms with Crippen molar-refractivity contribution in [1.29, 1.82) is 0 Å². The maximum Gasteiger partial charge on any atom is 0.119 e. The van der Waals surface area contributed by atoms with Crippen LogP contribution in [-0.4, -0.2) is 11.0 Å². The van der Waals surface area contributed by atoms with Crippen LogP contribution in [0, 0.1) is 0 Å². The molecule has 0 aromatic rings. The molecule has 10 heavy (non-hydrogen) atoms. The Morgan fingerprint density at radius 2 is 2.40 bits per heavy atom. The molecule has 1 heterocycles. The van der Waals surface area contributed by atoms with E-state index in [4.69, 9.17) is 0 Å². The van der Waals surface area contributed by atoms with E-state index in [0.29, 0.717) is 0 Å². The lowest BCUT2D eigenvalue weighted by molar-refractivity contribution is 0.642. The average Bonchev–Trinajstić information content (AvgIpc) is 2.41. The van der Waals surface area contributed by atoms with Gasteiger partial charge in [0, 0.05) is 17.2 Å². The van der Waals surface area contributed by atoms with Crippen molar-refractivity contribution in [2.24, 2.45) is 0 Å². The molecule has 1 unspecified atom stereocenters. The van der Waals surface area contributed by atoms with Crippen LogP contribution in [0.2, 0.25) is 0 Å². The van der Waals surface area contributed by atoms with Crippen LogP contribution in [0.1, 0.15) is 39.0 Å². The molecule has 0 radical (unpaired) electrons. The first-order valence-electron chi connectivity index (χ1n) is 4.26. The largest absolute Gasteiger partial charge is 0.119 e. The Balaban J connectivity index is 1.91. The van der Waals surface area contributed by atoms with Crippen LogP contribution in [-0.2, 0) is 10.8 Å². The molecule has 0 aromatic carbocycles. The summed E-state index contributed by atoms with van der Waals surface area (Å²) < 4.78 is 0. The summed E-state index contributed by atoms with van der Waals surface area (Å²) in [5.74, 6) is 1.45. The van der Waals surface area contributed by atoms with E-state index in [2.05, 4.69) is 17.7 Å². The quantitative estimate of drug-likeness (QED) is 0.275. The Hall–Kier alpha value is 0.700. The molecular weight excluding hydrogens is 160 g/mol. The van der Waals surface area contributed by atoms with Crippen LogP contribution in [0.5, 0.6) is 0 Å². The molecule has 1 aliphatic rings. The van der Waals surface area contributed by atoms with Crippen molar-refractivity contribution in [3.63, 3.8) is 0 Å². The summed E-state index contributed by atoms with van der Waals surface area (Å²) in [5, 5.41) is 1.02. The molecule has 0 saturated carbocycles. The molecule has 0 amide bonds. The molecule has 0 N–H and O–H groups in total. The van der Waals surface area contributed by atoms with Crippen LogP contribution in [0.25, 0.3) is 0 Å². The normalized spacial score (nSPS) is 25.5. The highest BCUT2D eigenvalue weighted by atomic mass is 33.1. The van der Waals surface area contributed by atoms with Gasteiger partial charge in [-0.2, -0.15) is 0 Å². The lowest BCUT2D eigenvalue weighted by atomic mass is 10.1. The van der Waals surface area contributed by atoms with Crippen LogP contribution >= 0.6 is 10.8 Å². The number of hydrogen-bond donors (Lipinski definition) is 0. The minimum Gasteiger partial charge on any atom is -0.0654 e. The summed E-state index contributed by atoms with van der Waals surface area (Å²) in [7, 11) is 3.80. The van der Waals surface area contributed by atoms with Crippen LogP contribution < -0.4 is 0 Å². The Morgan fingerprint density at radius 1 is 1.50 bits per heavy atom. The van der Waals surface area contributed by atoms with E-state index >= 15 is 0 Å². The minimum atomic E-state index is 1.02. The first-order chi connectivity index (χ1) is 4.93. The van der Waals surface area contributed by atoms with Gasteiger partial charge in [0.05, 0.1) is 16.0 Å². The van der Waals surface area contributed by atoms with Gasteiger partial charge < -0.3 is 0 Å². The molecule has 0 bridgehead atoms. The Kier molecular flexibility index (Phi) is 4.72. The van der Waals surface area contributed by atoms with Crippen molar-refractivity contribution in [3.05, 3.63) is 0 Å². The van der Waals surface area contributed by atoms with E-state index in [9.17, 15) is 0 Å². The van der Waals surface area contributed by atoms with Gasteiger partial charge in [-0.25, -0.2) is 0 Å². The Bertz CT molecular complexity index is 77.3. The average molecular weight is 177 g/mol. The van der Waals surface area contributed by atoms with E-state index in [1.165, 1.54) is 37.9 Å². The third kappa shape index (κ3) is 3.20. The van der Waals surface area contributed by atoms with Crippen molar-refractivity contribution < 1.29 is 0 Å². The summed E-state index contributed by atoms with van der Waals surface area (Å²) in [6.45, 7) is 2.28. The van der Waals surface area contributed by atoms with E-state index in [1.54, 1.807) is 10.8 Å². The standard InChI is InChI=1S/C8H16S2/c1-2-3-4-5-8-6-7-9-10-8/h8H,2-7H2,1H3/p+1. The van der Waals surface area contributed by atoms with Gasteiger partial charge in [0.25, 0.3) is 0 Å². The summed E-state index contributed by atoms with van der Waals surface area (Å²) >= 11 is 0. The van der Waals surface area contributed by atoms with Crippen molar-refractivity contribution in [3.8, 4) is 0 Å². The summed E-state index contributed by atoms with van der Waals surface area (Å²) in [6.07, 6.45) is 7.23. The lowest BCUT2D eigenvalue weighted by Crippen LogP contribution is -1.96. The second-order valence-corrected chi connectivity index (χ2v) is 5.85. The molecule has 2 heteroatoms. The molecule has 1 fully saturated rings. The van der Waals surface area contributed by atoms with E-state index in [-0.39, 0.29) is 0 Å². The Labute approximate surface area is 71.9 Å². The van der Waals surface area contributed by atoms with Gasteiger partial charge in [0.1, 0.15) is 5.75 Å². The molecule has 1 saturated heterocycles. The van der Waals surface area contributed by atoms with Crippen LogP contribution in [0.3, 0.4) is 0 Å². The highest BCUT2D eigenvalue weighted by molar-refractivity contribution is 8.67. The van der Waals surface area contributed by atoms with Gasteiger partial charge in [-0.3, -0.25) is 0 Å². The lowest BCUT2D eigenvalue weighted by Gasteiger charge is -2.00. The molecule has 60 valence electrons. The minimum absolute atomic E-state index is 1.02. The van der Waals surface area contributed by atoms with Crippen molar-refractivity contribution in [1.82, 2.24) is 0 Å². The second-order valence-electron chi connectivity index (χ2n) is 2.86. The van der Waals surface area contributed by atoms with Gasteiger partial charge in [0.15, 0.2) is 0 Å². The van der Waals surface area contributed by atoms with Crippen LogP contribution in [0.15, 0.2) is 0 Å². The molecular formula is C8H17S2+. The SMILES string of the molecule is CCCCCC1CC[SH+]S1. The van der Waals surface area contributed by atoms with Gasteiger partial charge in [-0.1, -0.05) is 26.2 Å². The van der Waals surface area contributed by atoms with Gasteiger partial charge in [-0.15, -0.1) is 0 Å².